The van der Waals surface area contributed by atoms with Crippen LogP contribution in [0, 0.1) is 30.1 Å². The quantitative estimate of drug-likeness (QED) is 0.725. The lowest BCUT2D eigenvalue weighted by molar-refractivity contribution is -0.147. The second-order valence-electron chi connectivity index (χ2n) is 8.88. The van der Waals surface area contributed by atoms with Crippen LogP contribution in [-0.4, -0.2) is 16.8 Å². The Morgan fingerprint density at radius 2 is 1.65 bits per heavy atom. The summed E-state index contributed by atoms with van der Waals surface area (Å²) in [4.78, 5) is 28.5. The Hall–Kier alpha value is -2.30. The van der Waals surface area contributed by atoms with E-state index < -0.39 is 0 Å². The van der Waals surface area contributed by atoms with E-state index in [9.17, 15) is 9.59 Å². The van der Waals surface area contributed by atoms with Crippen LogP contribution in [0.25, 0.3) is 10.9 Å². The molecule has 1 aromatic heterocycles. The highest BCUT2D eigenvalue weighted by Crippen LogP contribution is 2.60. The molecular formula is C21H25N3O2. The lowest BCUT2D eigenvalue weighted by atomic mass is 9.49. The maximum Gasteiger partial charge on any atom is 0.286 e. The lowest BCUT2D eigenvalue weighted by Crippen LogP contribution is -2.56. The molecule has 5 heteroatoms. The van der Waals surface area contributed by atoms with Gasteiger partial charge in [-0.05, 0) is 81.4 Å². The summed E-state index contributed by atoms with van der Waals surface area (Å²) in [6.07, 6.45) is 6.87. The van der Waals surface area contributed by atoms with Gasteiger partial charge in [-0.15, -0.1) is 0 Å². The SMILES string of the molecule is Cc1ccc2[nH]c(C(=O)NNC(=O)C34CC5CC(CC(C5)C3)C4)cc2c1. The number of fused-ring (bicyclic) bond motifs is 1. The molecule has 0 spiro atoms. The van der Waals surface area contributed by atoms with Gasteiger partial charge >= 0.3 is 0 Å². The number of rotatable bonds is 2. The molecule has 0 radical (unpaired) electrons. The molecule has 2 aromatic rings. The molecule has 0 saturated heterocycles. The highest BCUT2D eigenvalue weighted by molar-refractivity contribution is 5.99. The molecule has 5 nitrogen and oxygen atoms in total. The van der Waals surface area contributed by atoms with E-state index in [0.29, 0.717) is 23.4 Å². The minimum atomic E-state index is -0.295. The first-order valence-electron chi connectivity index (χ1n) is 9.71. The summed E-state index contributed by atoms with van der Waals surface area (Å²) in [7, 11) is 0. The van der Waals surface area contributed by atoms with Gasteiger partial charge < -0.3 is 4.98 Å². The van der Waals surface area contributed by atoms with E-state index in [1.807, 2.05) is 31.2 Å². The van der Waals surface area contributed by atoms with Gasteiger partial charge in [-0.25, -0.2) is 0 Å². The fraction of sp³-hybridized carbons (Fsp3) is 0.524. The number of aromatic amines is 1. The Labute approximate surface area is 152 Å². The van der Waals surface area contributed by atoms with Crippen LogP contribution in [0.5, 0.6) is 0 Å². The third kappa shape index (κ3) is 2.52. The van der Waals surface area contributed by atoms with Crippen molar-refractivity contribution in [1.29, 1.82) is 0 Å². The van der Waals surface area contributed by atoms with Gasteiger partial charge in [0.05, 0.1) is 5.41 Å². The zero-order valence-electron chi connectivity index (χ0n) is 15.1. The van der Waals surface area contributed by atoms with Crippen LogP contribution in [-0.2, 0) is 4.79 Å². The van der Waals surface area contributed by atoms with Gasteiger partial charge in [-0.3, -0.25) is 20.4 Å². The van der Waals surface area contributed by atoms with Crippen LogP contribution < -0.4 is 10.9 Å². The second-order valence-corrected chi connectivity index (χ2v) is 8.88. The summed E-state index contributed by atoms with van der Waals surface area (Å²) in [5.74, 6) is 1.84. The smallest absolute Gasteiger partial charge is 0.286 e. The maximum atomic E-state index is 12.9. The van der Waals surface area contributed by atoms with Crippen molar-refractivity contribution in [3.63, 3.8) is 0 Å². The summed E-state index contributed by atoms with van der Waals surface area (Å²) in [5, 5.41) is 1.00. The Bertz CT molecular complexity index is 863. The van der Waals surface area contributed by atoms with Crippen molar-refractivity contribution in [1.82, 2.24) is 15.8 Å². The monoisotopic (exact) mass is 351 g/mol. The number of amides is 2. The molecule has 4 fully saturated rings. The van der Waals surface area contributed by atoms with Crippen molar-refractivity contribution >= 4 is 22.7 Å². The van der Waals surface area contributed by atoms with E-state index in [4.69, 9.17) is 0 Å². The van der Waals surface area contributed by atoms with Crippen LogP contribution in [0.4, 0.5) is 0 Å². The minimum Gasteiger partial charge on any atom is -0.350 e. The van der Waals surface area contributed by atoms with E-state index in [-0.39, 0.29) is 17.2 Å². The summed E-state index contributed by atoms with van der Waals surface area (Å²) in [6, 6.07) is 7.84. The standard InChI is InChI=1S/C21H25N3O2/c1-12-2-3-17-16(4-12)8-18(22-17)19(25)23-24-20(26)21-9-13-5-14(10-21)7-15(6-13)11-21/h2-4,8,13-15,22H,5-7,9-11H2,1H3,(H,23,25)(H,24,26). The third-order valence-electron chi connectivity index (χ3n) is 6.83. The number of benzene rings is 1. The summed E-state index contributed by atoms with van der Waals surface area (Å²) < 4.78 is 0. The molecule has 0 atom stereocenters. The van der Waals surface area contributed by atoms with Crippen LogP contribution >= 0.6 is 0 Å². The normalized spacial score (nSPS) is 32.0. The van der Waals surface area contributed by atoms with Crippen molar-refractivity contribution in [3.05, 3.63) is 35.5 Å². The molecular weight excluding hydrogens is 326 g/mol. The van der Waals surface area contributed by atoms with Crippen molar-refractivity contribution in [2.24, 2.45) is 23.2 Å². The first-order valence-corrected chi connectivity index (χ1v) is 9.71. The number of aryl methyl sites for hydroxylation is 1. The predicted octanol–water partition coefficient (Wildman–Crippen LogP) is 3.45. The zero-order chi connectivity index (χ0) is 17.9. The first kappa shape index (κ1) is 15.9. The van der Waals surface area contributed by atoms with Gasteiger partial charge in [-0.1, -0.05) is 11.6 Å². The van der Waals surface area contributed by atoms with E-state index >= 15 is 0 Å². The zero-order valence-corrected chi connectivity index (χ0v) is 15.1. The second kappa shape index (κ2) is 5.60. The van der Waals surface area contributed by atoms with E-state index in [1.165, 1.54) is 19.3 Å². The summed E-state index contributed by atoms with van der Waals surface area (Å²) in [6.45, 7) is 2.03. The molecule has 26 heavy (non-hydrogen) atoms. The summed E-state index contributed by atoms with van der Waals surface area (Å²) >= 11 is 0. The Balaban J connectivity index is 1.28. The Morgan fingerprint density at radius 1 is 1.00 bits per heavy atom. The lowest BCUT2D eigenvalue weighted by Gasteiger charge is -2.55. The van der Waals surface area contributed by atoms with Gasteiger partial charge in [0.1, 0.15) is 5.69 Å². The number of nitrogens with one attached hydrogen (secondary N) is 3. The number of aromatic nitrogens is 1. The van der Waals surface area contributed by atoms with Crippen molar-refractivity contribution in [2.45, 2.75) is 45.4 Å². The minimum absolute atomic E-state index is 0.0110. The highest BCUT2D eigenvalue weighted by Gasteiger charge is 2.54. The van der Waals surface area contributed by atoms with Crippen LogP contribution in [0.2, 0.25) is 0 Å². The number of hydrogen-bond donors (Lipinski definition) is 3. The van der Waals surface area contributed by atoms with Crippen LogP contribution in [0.15, 0.2) is 24.3 Å². The molecule has 0 aliphatic heterocycles. The number of hydrazine groups is 1. The van der Waals surface area contributed by atoms with Gasteiger partial charge in [0.25, 0.3) is 5.91 Å². The molecule has 136 valence electrons. The molecule has 4 bridgehead atoms. The first-order chi connectivity index (χ1) is 12.5. The fourth-order valence-corrected chi connectivity index (χ4v) is 6.08. The number of carbonyl (C=O) groups is 2. The number of H-pyrrole nitrogens is 1. The van der Waals surface area contributed by atoms with Crippen molar-refractivity contribution in [2.75, 3.05) is 0 Å². The molecule has 6 rings (SSSR count). The average Bonchev–Trinajstić information content (AvgIpc) is 3.01. The Kier molecular flexibility index (Phi) is 3.43. The third-order valence-corrected chi connectivity index (χ3v) is 6.83. The molecule has 4 aliphatic carbocycles. The largest absolute Gasteiger partial charge is 0.350 e. The van der Waals surface area contributed by atoms with Crippen molar-refractivity contribution < 1.29 is 9.59 Å². The number of carbonyl (C=O) groups excluding carboxylic acids is 2. The molecule has 0 unspecified atom stereocenters. The molecule has 4 aliphatic rings. The molecule has 2 amide bonds. The van der Waals surface area contributed by atoms with E-state index in [2.05, 4.69) is 15.8 Å². The summed E-state index contributed by atoms with van der Waals surface area (Å²) in [5.41, 5.74) is 7.66. The van der Waals surface area contributed by atoms with E-state index in [1.54, 1.807) is 0 Å². The van der Waals surface area contributed by atoms with Gasteiger partial charge in [0.2, 0.25) is 5.91 Å². The van der Waals surface area contributed by atoms with Gasteiger partial charge in [-0.2, -0.15) is 0 Å². The Morgan fingerprint density at radius 3 is 2.31 bits per heavy atom. The molecule has 1 aromatic carbocycles. The molecule has 4 saturated carbocycles. The number of hydrogen-bond acceptors (Lipinski definition) is 2. The van der Waals surface area contributed by atoms with Gasteiger partial charge in [0.15, 0.2) is 0 Å². The van der Waals surface area contributed by atoms with Crippen molar-refractivity contribution in [3.8, 4) is 0 Å². The average molecular weight is 351 g/mol. The molecule has 3 N–H and O–H groups in total. The fourth-order valence-electron chi connectivity index (χ4n) is 6.08. The van der Waals surface area contributed by atoms with Crippen LogP contribution in [0.3, 0.4) is 0 Å². The molecule has 1 heterocycles. The predicted molar refractivity (Wildman–Crippen MR) is 99.2 cm³/mol. The topological polar surface area (TPSA) is 74.0 Å². The maximum absolute atomic E-state index is 12.9. The van der Waals surface area contributed by atoms with Gasteiger partial charge in [0, 0.05) is 10.9 Å². The van der Waals surface area contributed by atoms with Crippen LogP contribution in [0.1, 0.15) is 54.6 Å². The highest BCUT2D eigenvalue weighted by atomic mass is 16.2. The van der Waals surface area contributed by atoms with E-state index in [0.717, 1.165) is 35.7 Å².